The monoisotopic (exact) mass is 386 g/mol. The molecule has 4 rings (SSSR count). The van der Waals surface area contributed by atoms with Crippen LogP contribution >= 0.6 is 0 Å². The maximum absolute atomic E-state index is 12.5. The Labute approximate surface area is 168 Å². The lowest BCUT2D eigenvalue weighted by Gasteiger charge is -2.16. The van der Waals surface area contributed by atoms with Crippen molar-refractivity contribution in [3.8, 4) is 0 Å². The Hall–Kier alpha value is -3.60. The summed E-state index contributed by atoms with van der Waals surface area (Å²) < 4.78 is 7.14. The number of fused-ring (bicyclic) bond motifs is 2. The van der Waals surface area contributed by atoms with Crippen LogP contribution in [0.1, 0.15) is 28.9 Å². The van der Waals surface area contributed by atoms with E-state index in [2.05, 4.69) is 5.32 Å². The summed E-state index contributed by atoms with van der Waals surface area (Å²) in [6.45, 7) is 1.60. The van der Waals surface area contributed by atoms with E-state index in [0.29, 0.717) is 5.56 Å². The van der Waals surface area contributed by atoms with Gasteiger partial charge in [-0.2, -0.15) is 0 Å². The van der Waals surface area contributed by atoms with Gasteiger partial charge in [-0.05, 0) is 29.3 Å². The number of aryl methyl sites for hydroxylation is 1. The average molecular weight is 386 g/mol. The van der Waals surface area contributed by atoms with Crippen molar-refractivity contribution in [2.75, 3.05) is 6.61 Å². The van der Waals surface area contributed by atoms with Gasteiger partial charge in [-0.15, -0.1) is 0 Å². The molecule has 0 bridgehead atoms. The first-order valence-corrected chi connectivity index (χ1v) is 9.53. The van der Waals surface area contributed by atoms with Gasteiger partial charge >= 0.3 is 5.97 Å². The normalized spacial score (nSPS) is 12.1. The second-order valence-corrected chi connectivity index (χ2v) is 7.10. The highest BCUT2D eigenvalue weighted by Crippen LogP contribution is 2.24. The predicted molar refractivity (Wildman–Crippen MR) is 114 cm³/mol. The van der Waals surface area contributed by atoms with E-state index in [1.54, 1.807) is 6.20 Å². The second-order valence-electron chi connectivity index (χ2n) is 7.10. The molecule has 5 nitrogen and oxygen atoms in total. The molecule has 1 N–H and O–H groups in total. The molecule has 0 aliphatic carbocycles. The number of esters is 1. The van der Waals surface area contributed by atoms with Crippen molar-refractivity contribution < 1.29 is 14.3 Å². The number of rotatable bonds is 5. The molecule has 1 unspecified atom stereocenters. The molecule has 0 aliphatic heterocycles. The molecule has 0 saturated heterocycles. The highest BCUT2D eigenvalue weighted by atomic mass is 16.5. The fraction of sp³-hybridized carbons (Fsp3) is 0.167. The van der Waals surface area contributed by atoms with E-state index < -0.39 is 5.97 Å². The van der Waals surface area contributed by atoms with Gasteiger partial charge in [-0.25, -0.2) is 4.79 Å². The third kappa shape index (κ3) is 3.72. The molecular weight excluding hydrogens is 364 g/mol. The molecule has 1 aromatic heterocycles. The number of ether oxygens (including phenoxy) is 1. The topological polar surface area (TPSA) is 60.3 Å². The predicted octanol–water partition coefficient (Wildman–Crippen LogP) is 4.37. The van der Waals surface area contributed by atoms with Crippen LogP contribution in [0.15, 0.2) is 72.9 Å². The Morgan fingerprint density at radius 1 is 0.966 bits per heavy atom. The van der Waals surface area contributed by atoms with Crippen molar-refractivity contribution in [1.29, 1.82) is 0 Å². The third-order valence-corrected chi connectivity index (χ3v) is 5.12. The lowest BCUT2D eigenvalue weighted by Crippen LogP contribution is -2.31. The van der Waals surface area contributed by atoms with Crippen LogP contribution in [0.4, 0.5) is 0 Å². The van der Waals surface area contributed by atoms with Crippen LogP contribution in [-0.2, 0) is 16.6 Å². The van der Waals surface area contributed by atoms with Crippen LogP contribution in [0.5, 0.6) is 0 Å². The number of benzene rings is 3. The quantitative estimate of drug-likeness (QED) is 0.518. The molecule has 0 fully saturated rings. The van der Waals surface area contributed by atoms with E-state index in [4.69, 9.17) is 4.74 Å². The number of hydrogen-bond donors (Lipinski definition) is 1. The SMILES string of the molecule is CC(NC(=O)COC(=O)c1cn(C)c2ccccc12)c1cccc2ccccc12. The van der Waals surface area contributed by atoms with Crippen molar-refractivity contribution in [3.05, 3.63) is 84.1 Å². The van der Waals surface area contributed by atoms with Crippen LogP contribution in [0.25, 0.3) is 21.7 Å². The minimum absolute atomic E-state index is 0.204. The summed E-state index contributed by atoms with van der Waals surface area (Å²) in [7, 11) is 1.87. The molecule has 0 radical (unpaired) electrons. The molecular formula is C24H22N2O3. The van der Waals surface area contributed by atoms with Crippen LogP contribution in [0.2, 0.25) is 0 Å². The average Bonchev–Trinajstić information content (AvgIpc) is 3.08. The second kappa shape index (κ2) is 7.80. The van der Waals surface area contributed by atoms with Gasteiger partial charge in [0.1, 0.15) is 0 Å². The summed E-state index contributed by atoms with van der Waals surface area (Å²) in [4.78, 5) is 24.9. The number of carbonyl (C=O) groups excluding carboxylic acids is 2. The first-order valence-electron chi connectivity index (χ1n) is 9.53. The molecule has 1 atom stereocenters. The Balaban J connectivity index is 1.42. The zero-order valence-electron chi connectivity index (χ0n) is 16.4. The first kappa shape index (κ1) is 18.7. The van der Waals surface area contributed by atoms with Gasteiger partial charge in [0.15, 0.2) is 6.61 Å². The smallest absolute Gasteiger partial charge is 0.340 e. The molecule has 0 spiro atoms. The van der Waals surface area contributed by atoms with Crippen LogP contribution in [0.3, 0.4) is 0 Å². The highest BCUT2D eigenvalue weighted by molar-refractivity contribution is 6.04. The van der Waals surface area contributed by atoms with E-state index in [1.165, 1.54) is 0 Å². The molecule has 4 aromatic rings. The minimum atomic E-state index is -0.505. The number of aromatic nitrogens is 1. The van der Waals surface area contributed by atoms with Gasteiger partial charge in [0.25, 0.3) is 5.91 Å². The van der Waals surface area contributed by atoms with E-state index in [-0.39, 0.29) is 18.6 Å². The molecule has 3 aromatic carbocycles. The molecule has 1 amide bonds. The molecule has 0 saturated carbocycles. The number of nitrogens with zero attached hydrogens (tertiary/aromatic N) is 1. The molecule has 5 heteroatoms. The summed E-state index contributed by atoms with van der Waals surface area (Å²) in [6.07, 6.45) is 1.73. The number of hydrogen-bond acceptors (Lipinski definition) is 3. The van der Waals surface area contributed by atoms with E-state index >= 15 is 0 Å². The Bertz CT molecular complexity index is 1200. The van der Waals surface area contributed by atoms with E-state index in [0.717, 1.165) is 27.2 Å². The number of carbonyl (C=O) groups is 2. The van der Waals surface area contributed by atoms with Crippen molar-refractivity contribution in [3.63, 3.8) is 0 Å². The third-order valence-electron chi connectivity index (χ3n) is 5.12. The lowest BCUT2D eigenvalue weighted by molar-refractivity contribution is -0.124. The van der Waals surface area contributed by atoms with Gasteiger partial charge < -0.3 is 14.6 Å². The van der Waals surface area contributed by atoms with Crippen molar-refractivity contribution in [2.24, 2.45) is 7.05 Å². The highest BCUT2D eigenvalue weighted by Gasteiger charge is 2.18. The maximum Gasteiger partial charge on any atom is 0.340 e. The van der Waals surface area contributed by atoms with Gasteiger partial charge in [0.05, 0.1) is 11.6 Å². The number of para-hydroxylation sites is 1. The summed E-state index contributed by atoms with van der Waals surface area (Å²) in [5, 5.41) is 5.94. The minimum Gasteiger partial charge on any atom is -0.452 e. The zero-order valence-corrected chi connectivity index (χ0v) is 16.4. The zero-order chi connectivity index (χ0) is 20.4. The summed E-state index contributed by atoms with van der Waals surface area (Å²) in [6, 6.07) is 21.4. The van der Waals surface area contributed by atoms with Crippen LogP contribution in [0, 0.1) is 0 Å². The van der Waals surface area contributed by atoms with Crippen LogP contribution < -0.4 is 5.32 Å². The fourth-order valence-corrected chi connectivity index (χ4v) is 3.70. The lowest BCUT2D eigenvalue weighted by atomic mass is 10.00. The van der Waals surface area contributed by atoms with Crippen molar-refractivity contribution >= 4 is 33.6 Å². The first-order chi connectivity index (χ1) is 14.0. The maximum atomic E-state index is 12.5. The van der Waals surface area contributed by atoms with Crippen molar-refractivity contribution in [1.82, 2.24) is 9.88 Å². The van der Waals surface area contributed by atoms with Gasteiger partial charge in [0, 0.05) is 24.1 Å². The van der Waals surface area contributed by atoms with Gasteiger partial charge in [-0.3, -0.25) is 4.79 Å². The molecule has 1 heterocycles. The standard InChI is InChI=1S/C24H22N2O3/c1-16(18-12-7-9-17-8-3-4-10-19(17)18)25-23(27)15-29-24(28)21-14-26(2)22-13-6-5-11-20(21)22/h3-14,16H,15H2,1-2H3,(H,25,27). The Morgan fingerprint density at radius 3 is 2.48 bits per heavy atom. The molecule has 146 valence electrons. The Kier molecular flexibility index (Phi) is 5.04. The van der Waals surface area contributed by atoms with E-state index in [1.807, 2.05) is 85.3 Å². The molecule has 0 aliphatic rings. The summed E-state index contributed by atoms with van der Waals surface area (Å²) in [5.41, 5.74) is 2.42. The summed E-state index contributed by atoms with van der Waals surface area (Å²) >= 11 is 0. The largest absolute Gasteiger partial charge is 0.452 e. The van der Waals surface area contributed by atoms with Crippen molar-refractivity contribution in [2.45, 2.75) is 13.0 Å². The van der Waals surface area contributed by atoms with Crippen LogP contribution in [-0.4, -0.2) is 23.1 Å². The summed E-state index contributed by atoms with van der Waals surface area (Å²) in [5.74, 6) is -0.839. The molecule has 29 heavy (non-hydrogen) atoms. The number of nitrogens with one attached hydrogen (secondary N) is 1. The van der Waals surface area contributed by atoms with E-state index in [9.17, 15) is 9.59 Å². The van der Waals surface area contributed by atoms with Gasteiger partial charge in [-0.1, -0.05) is 60.7 Å². The Morgan fingerprint density at radius 2 is 1.66 bits per heavy atom. The fourth-order valence-electron chi connectivity index (χ4n) is 3.70. The van der Waals surface area contributed by atoms with Gasteiger partial charge in [0.2, 0.25) is 0 Å². The number of amides is 1.